The molecule has 2 heteroatoms. The van der Waals surface area contributed by atoms with Crippen molar-refractivity contribution in [3.05, 3.63) is 11.6 Å². The molecule has 140 valence electrons. The van der Waals surface area contributed by atoms with Gasteiger partial charge in [0.15, 0.2) is 5.78 Å². The Hall–Kier alpha value is -0.813. The fourth-order valence-electron chi connectivity index (χ4n) is 5.17. The van der Waals surface area contributed by atoms with Crippen LogP contribution >= 0.6 is 0 Å². The molecular weight excluding hydrogens is 320 g/mol. The maximum atomic E-state index is 12.4. The van der Waals surface area contributed by atoms with Crippen molar-refractivity contribution in [3.8, 4) is 11.5 Å². The lowest BCUT2D eigenvalue weighted by molar-refractivity contribution is -0.116. The molecule has 0 unspecified atom stereocenters. The van der Waals surface area contributed by atoms with Gasteiger partial charge in [0.25, 0.3) is 0 Å². The van der Waals surface area contributed by atoms with E-state index in [4.69, 9.17) is 0 Å². The second kappa shape index (κ2) is 7.43. The second-order valence-electron chi connectivity index (χ2n) is 10.0. The number of fused-ring (bicyclic) bond motifs is 1. The predicted molar refractivity (Wildman–Crippen MR) is 111 cm³/mol. The Kier molecular flexibility index (Phi) is 6.09. The Morgan fingerprint density at radius 3 is 2.52 bits per heavy atom. The lowest BCUT2D eigenvalue weighted by Crippen LogP contribution is -2.47. The molecule has 2 rings (SSSR count). The third-order valence-corrected chi connectivity index (χ3v) is 7.34. The molecule has 0 N–H and O–H groups in total. The van der Waals surface area contributed by atoms with Gasteiger partial charge in [-0.2, -0.15) is 0 Å². The van der Waals surface area contributed by atoms with Crippen molar-refractivity contribution in [1.82, 2.24) is 0 Å². The molecule has 0 spiro atoms. The molecule has 0 aliphatic heterocycles. The summed E-state index contributed by atoms with van der Waals surface area (Å²) in [6.45, 7) is 16.4. The van der Waals surface area contributed by atoms with Crippen molar-refractivity contribution in [2.75, 3.05) is 0 Å². The van der Waals surface area contributed by atoms with Gasteiger partial charge in [-0.3, -0.25) is 4.79 Å². The molecule has 0 radical (unpaired) electrons. The minimum absolute atomic E-state index is 0.0257. The van der Waals surface area contributed by atoms with Crippen LogP contribution in [0.2, 0.25) is 19.6 Å². The number of ketones is 1. The van der Waals surface area contributed by atoms with Crippen LogP contribution in [0.1, 0.15) is 72.6 Å². The summed E-state index contributed by atoms with van der Waals surface area (Å²) in [5, 5.41) is 0. The molecule has 3 atom stereocenters. The Labute approximate surface area is 157 Å². The number of unbranched alkanes of at least 4 members (excludes halogenated alkanes) is 1. The Morgan fingerprint density at radius 1 is 1.28 bits per heavy atom. The van der Waals surface area contributed by atoms with Crippen molar-refractivity contribution >= 4 is 13.9 Å². The van der Waals surface area contributed by atoms with Crippen molar-refractivity contribution in [1.29, 1.82) is 0 Å². The van der Waals surface area contributed by atoms with Gasteiger partial charge in [0, 0.05) is 6.42 Å². The first-order chi connectivity index (χ1) is 11.5. The van der Waals surface area contributed by atoms with Crippen LogP contribution in [0.3, 0.4) is 0 Å². The molecule has 0 aromatic rings. The Bertz CT molecular complexity index is 598. The molecule has 2 aliphatic carbocycles. The van der Waals surface area contributed by atoms with Gasteiger partial charge in [0.05, 0.1) is 5.41 Å². The number of allylic oxidation sites excluding steroid dienone is 2. The van der Waals surface area contributed by atoms with E-state index in [9.17, 15) is 4.79 Å². The maximum Gasteiger partial charge on any atom is 0.155 e. The molecule has 0 aromatic heterocycles. The summed E-state index contributed by atoms with van der Waals surface area (Å²) in [6, 6.07) is 0. The summed E-state index contributed by atoms with van der Waals surface area (Å²) in [7, 11) is -1.42. The first-order valence-corrected chi connectivity index (χ1v) is 13.8. The molecule has 0 amide bonds. The second-order valence-corrected chi connectivity index (χ2v) is 14.8. The highest BCUT2D eigenvalue weighted by Crippen LogP contribution is 2.60. The van der Waals surface area contributed by atoms with E-state index in [0.717, 1.165) is 12.8 Å². The molecule has 1 nitrogen and oxygen atoms in total. The first-order valence-electron chi connectivity index (χ1n) is 10.3. The zero-order valence-electron chi connectivity index (χ0n) is 17.6. The minimum atomic E-state index is -1.42. The highest BCUT2D eigenvalue weighted by molar-refractivity contribution is 6.83. The standard InChI is InChI=1S/C23H38OSi/c1-8-9-12-22(4)20(18(2)3)11-14-23(15-16-25(5,6)7)13-10-19(24)17-21(22)23/h17-18,20H,8-14H2,1-7H3/t20-,22-,23+/m0/s1. The van der Waals surface area contributed by atoms with E-state index in [1.54, 1.807) is 0 Å². The lowest BCUT2D eigenvalue weighted by atomic mass is 9.49. The van der Waals surface area contributed by atoms with E-state index < -0.39 is 8.07 Å². The first kappa shape index (κ1) is 20.5. The van der Waals surface area contributed by atoms with E-state index in [2.05, 4.69) is 58.8 Å². The zero-order valence-corrected chi connectivity index (χ0v) is 18.6. The van der Waals surface area contributed by atoms with Gasteiger partial charge >= 0.3 is 0 Å². The quantitative estimate of drug-likeness (QED) is 0.419. The van der Waals surface area contributed by atoms with Crippen molar-refractivity contribution in [2.45, 2.75) is 92.3 Å². The summed E-state index contributed by atoms with van der Waals surface area (Å²) in [5.74, 6) is 5.43. The van der Waals surface area contributed by atoms with Gasteiger partial charge in [-0.25, -0.2) is 0 Å². The van der Waals surface area contributed by atoms with Gasteiger partial charge in [-0.05, 0) is 54.6 Å². The van der Waals surface area contributed by atoms with Gasteiger partial charge in [0.2, 0.25) is 0 Å². The van der Waals surface area contributed by atoms with E-state index in [0.29, 0.717) is 24.0 Å². The van der Waals surface area contributed by atoms with Gasteiger partial charge in [-0.1, -0.05) is 66.1 Å². The van der Waals surface area contributed by atoms with Crippen LogP contribution in [0.25, 0.3) is 0 Å². The molecule has 0 heterocycles. The molecular formula is C23H38OSi. The van der Waals surface area contributed by atoms with Crippen LogP contribution in [0.5, 0.6) is 0 Å². The summed E-state index contributed by atoms with van der Waals surface area (Å²) in [5.41, 5.74) is 5.18. The predicted octanol–water partition coefficient (Wildman–Crippen LogP) is 6.41. The molecule has 0 bridgehead atoms. The third-order valence-electron chi connectivity index (χ3n) is 6.47. The van der Waals surface area contributed by atoms with Crippen LogP contribution in [0, 0.1) is 34.1 Å². The number of hydrogen-bond donors (Lipinski definition) is 0. The monoisotopic (exact) mass is 358 g/mol. The average molecular weight is 359 g/mol. The maximum absolute atomic E-state index is 12.4. The molecule has 0 saturated heterocycles. The highest BCUT2D eigenvalue weighted by Gasteiger charge is 2.52. The number of carbonyl (C=O) groups is 1. The van der Waals surface area contributed by atoms with Crippen LogP contribution in [-0.4, -0.2) is 13.9 Å². The van der Waals surface area contributed by atoms with Gasteiger partial charge in [-0.15, -0.1) is 5.54 Å². The van der Waals surface area contributed by atoms with Gasteiger partial charge in [0.1, 0.15) is 8.07 Å². The van der Waals surface area contributed by atoms with E-state index in [1.807, 2.05) is 6.08 Å². The van der Waals surface area contributed by atoms with Crippen molar-refractivity contribution in [2.24, 2.45) is 22.7 Å². The molecule has 0 aromatic carbocycles. The average Bonchev–Trinajstić information content (AvgIpc) is 2.51. The Balaban J connectivity index is 2.56. The van der Waals surface area contributed by atoms with Crippen LogP contribution in [-0.2, 0) is 4.79 Å². The molecule has 1 saturated carbocycles. The summed E-state index contributed by atoms with van der Waals surface area (Å²) >= 11 is 0. The number of hydrogen-bond acceptors (Lipinski definition) is 1. The van der Waals surface area contributed by atoms with Crippen molar-refractivity contribution in [3.63, 3.8) is 0 Å². The largest absolute Gasteiger partial charge is 0.295 e. The molecule has 1 fully saturated rings. The Morgan fingerprint density at radius 2 is 1.96 bits per heavy atom. The summed E-state index contributed by atoms with van der Waals surface area (Å²) < 4.78 is 0. The molecule has 25 heavy (non-hydrogen) atoms. The van der Waals surface area contributed by atoms with Gasteiger partial charge < -0.3 is 0 Å². The third kappa shape index (κ3) is 4.30. The van der Waals surface area contributed by atoms with Crippen molar-refractivity contribution < 1.29 is 4.79 Å². The molecule has 2 aliphatic rings. The lowest BCUT2D eigenvalue weighted by Gasteiger charge is -2.54. The van der Waals surface area contributed by atoms with Crippen LogP contribution < -0.4 is 0 Å². The minimum Gasteiger partial charge on any atom is -0.295 e. The normalized spacial score (nSPS) is 32.7. The zero-order chi connectivity index (χ0) is 18.9. The summed E-state index contributed by atoms with van der Waals surface area (Å²) in [4.78, 5) is 12.4. The fourth-order valence-corrected chi connectivity index (χ4v) is 5.78. The summed E-state index contributed by atoms with van der Waals surface area (Å²) in [6.07, 6.45) is 9.71. The fraction of sp³-hybridized carbons (Fsp3) is 0.783. The smallest absolute Gasteiger partial charge is 0.155 e. The number of rotatable bonds is 4. The SMILES string of the molecule is CCCC[C@]1(C)C2=CC(=O)CC[C@]2(C#C[Si](C)(C)C)CC[C@H]1C(C)C. The van der Waals surface area contributed by atoms with E-state index in [1.165, 1.54) is 31.3 Å². The van der Waals surface area contributed by atoms with E-state index in [-0.39, 0.29) is 10.8 Å². The van der Waals surface area contributed by atoms with Crippen LogP contribution in [0.15, 0.2) is 11.6 Å². The van der Waals surface area contributed by atoms with E-state index >= 15 is 0 Å². The van der Waals surface area contributed by atoms with Crippen LogP contribution in [0.4, 0.5) is 0 Å². The number of carbonyl (C=O) groups excluding carboxylic acids is 1. The highest BCUT2D eigenvalue weighted by atomic mass is 28.3. The topological polar surface area (TPSA) is 17.1 Å².